The minimum Gasteiger partial charge on any atom is -1.00 e. The molecule has 0 radical (unpaired) electrons. The van der Waals surface area contributed by atoms with E-state index in [1.807, 2.05) is 18.2 Å². The molecule has 0 saturated heterocycles. The molecular weight excluding hydrogens is 426 g/mol. The summed E-state index contributed by atoms with van der Waals surface area (Å²) in [6.07, 6.45) is 1.05. The van der Waals surface area contributed by atoms with Gasteiger partial charge in [-0.25, -0.2) is 11.6 Å². The van der Waals surface area contributed by atoms with Gasteiger partial charge in [0.25, 0.3) is 0 Å². The zero-order chi connectivity index (χ0) is 16.7. The molecule has 3 heteroatoms. The maximum absolute atomic E-state index is 3.30. The van der Waals surface area contributed by atoms with E-state index in [4.69, 9.17) is 0 Å². The summed E-state index contributed by atoms with van der Waals surface area (Å²) in [7, 11) is 0. The van der Waals surface area contributed by atoms with Crippen molar-refractivity contribution in [2.45, 2.75) is 27.2 Å². The summed E-state index contributed by atoms with van der Waals surface area (Å²) in [5.41, 5.74) is 6.85. The van der Waals surface area contributed by atoms with Crippen LogP contribution in [0.4, 0.5) is 0 Å². The molecule has 0 atom stereocenters. The van der Waals surface area contributed by atoms with Crippen LogP contribution in [0.15, 0.2) is 66.7 Å². The smallest absolute Gasteiger partial charge is 0.0253 e. The molecule has 1 aliphatic rings. The summed E-state index contributed by atoms with van der Waals surface area (Å²) < 4.78 is 1.51. The van der Waals surface area contributed by atoms with Crippen LogP contribution in [0.3, 0.4) is 0 Å². The average Bonchev–Trinajstić information content (AvgIpc) is 3.13. The fourth-order valence-corrected chi connectivity index (χ4v) is 2.47. The molecule has 0 bridgehead atoms. The van der Waals surface area contributed by atoms with Crippen LogP contribution in [-0.4, -0.2) is 3.21 Å². The number of benzene rings is 2. The monoisotopic (exact) mass is 446 g/mol. The van der Waals surface area contributed by atoms with Crippen LogP contribution in [0, 0.1) is 13.0 Å². The average molecular weight is 449 g/mol. The van der Waals surface area contributed by atoms with Gasteiger partial charge in [0.05, 0.1) is 0 Å². The minimum atomic E-state index is 0. The van der Waals surface area contributed by atoms with E-state index in [0.29, 0.717) is 0 Å². The Kier molecular flexibility index (Phi) is 12.0. The normalized spacial score (nSPS) is 9.64. The molecule has 0 unspecified atom stereocenters. The molecule has 0 amide bonds. The zero-order valence-corrected chi connectivity index (χ0v) is 18.8. The van der Waals surface area contributed by atoms with E-state index < -0.39 is 0 Å². The van der Waals surface area contributed by atoms with Crippen LogP contribution in [0.5, 0.6) is 0 Å². The van der Waals surface area contributed by atoms with Crippen molar-refractivity contribution >= 4 is 3.21 Å². The Labute approximate surface area is 179 Å². The molecule has 3 aromatic carbocycles. The van der Waals surface area contributed by atoms with Crippen molar-refractivity contribution in [2.24, 2.45) is 0 Å². The summed E-state index contributed by atoms with van der Waals surface area (Å²) in [5, 5.41) is 0. The van der Waals surface area contributed by atoms with Crippen molar-refractivity contribution in [3.8, 4) is 11.1 Å². The fourth-order valence-electron chi connectivity index (χ4n) is 2.47. The van der Waals surface area contributed by atoms with Gasteiger partial charge < -0.3 is 24.8 Å². The molecule has 0 heterocycles. The molecule has 0 spiro atoms. The molecule has 25 heavy (non-hydrogen) atoms. The molecule has 0 nitrogen and oxygen atoms in total. The predicted octanol–water partition coefficient (Wildman–Crippen LogP) is -0.475. The number of rotatable bonds is 0. The topological polar surface area (TPSA) is 0 Å². The van der Waals surface area contributed by atoms with Crippen molar-refractivity contribution in [1.82, 2.24) is 0 Å². The first-order chi connectivity index (χ1) is 11.1. The summed E-state index contributed by atoms with van der Waals surface area (Å²) in [6, 6.07) is 26.3. The van der Waals surface area contributed by atoms with Gasteiger partial charge in [-0.1, -0.05) is 42.3 Å². The minimum absolute atomic E-state index is 0. The second-order valence-electron chi connectivity index (χ2n) is 5.86. The molecule has 4 rings (SSSR count). The Morgan fingerprint density at radius 3 is 2.20 bits per heavy atom. The quantitative estimate of drug-likeness (QED) is 0.319. The molecule has 0 aromatic heterocycles. The maximum Gasteiger partial charge on any atom is -0.0253 e. The Morgan fingerprint density at radius 1 is 1.00 bits per heavy atom. The van der Waals surface area contributed by atoms with Gasteiger partial charge in [-0.2, -0.15) is 48.0 Å². The third kappa shape index (κ3) is 7.91. The first-order valence-electron chi connectivity index (χ1n) is 7.86. The summed E-state index contributed by atoms with van der Waals surface area (Å²) in [6.45, 7) is 6.33. The second kappa shape index (κ2) is 12.5. The van der Waals surface area contributed by atoms with Crippen LogP contribution in [0.25, 0.3) is 11.1 Å². The maximum atomic E-state index is 3.30. The van der Waals surface area contributed by atoms with E-state index in [9.17, 15) is 0 Å². The van der Waals surface area contributed by atoms with Crippen LogP contribution < -0.4 is 24.8 Å². The number of hydrogen-bond acceptors (Lipinski definition) is 0. The molecule has 0 saturated carbocycles. The number of halogens is 2. The van der Waals surface area contributed by atoms with E-state index in [0.717, 1.165) is 6.42 Å². The summed E-state index contributed by atoms with van der Waals surface area (Å²) in [4.78, 5) is 0. The molecule has 0 fully saturated rings. The zero-order valence-electron chi connectivity index (χ0n) is 14.8. The summed E-state index contributed by atoms with van der Waals surface area (Å²) >= 11 is 1.55. The third-order valence-corrected chi connectivity index (χ3v) is 3.45. The van der Waals surface area contributed by atoms with Gasteiger partial charge in [-0.15, -0.1) is 5.56 Å². The molecule has 0 aliphatic heterocycles. The van der Waals surface area contributed by atoms with Gasteiger partial charge in [0, 0.05) is 0 Å². The number of fused-ring (bicyclic) bond motifs is 3. The van der Waals surface area contributed by atoms with Gasteiger partial charge in [0.2, 0.25) is 0 Å². The Bertz CT molecular complexity index is 714. The Morgan fingerprint density at radius 2 is 1.64 bits per heavy atom. The second-order valence-corrected chi connectivity index (χ2v) is 8.32. The standard InChI is InChI=1S/C13H9.C6H7.C3H6.2ClH.Zr/c1-3-7-12-10(5-1)9-11-6-2-4-8-13(11)12;1-6-4-2-3-5-6;1-3-2;;;/h1-5,7-8H,9H2;2-5H,1H3;1-2H3;2*1H;/q2*-1;;;;+2/p-2. The van der Waals surface area contributed by atoms with Crippen molar-refractivity contribution in [2.75, 3.05) is 0 Å². The van der Waals surface area contributed by atoms with Gasteiger partial charge in [-0.3, -0.25) is 0 Å². The van der Waals surface area contributed by atoms with Crippen molar-refractivity contribution < 1.29 is 49.0 Å². The Balaban J connectivity index is 0.000000410. The molecule has 130 valence electrons. The van der Waals surface area contributed by atoms with Crippen LogP contribution >= 0.6 is 0 Å². The van der Waals surface area contributed by atoms with Crippen molar-refractivity contribution in [3.05, 3.63) is 89.5 Å². The van der Waals surface area contributed by atoms with Crippen LogP contribution in [0.2, 0.25) is 0 Å². The fraction of sp³-hybridized carbons (Fsp3) is 0.182. The molecule has 3 aromatic rings. The largest absolute Gasteiger partial charge is 1.00 e. The summed E-state index contributed by atoms with van der Waals surface area (Å²) in [5.74, 6) is 0. The third-order valence-electron chi connectivity index (χ3n) is 3.45. The SMILES string of the molecule is C[C](C)=[Zr+2].Cc1cc[cH-]c1.[Cl-].[Cl-].[c-]1cccc2c1Cc1ccccc1-2. The van der Waals surface area contributed by atoms with E-state index in [-0.39, 0.29) is 24.8 Å². The van der Waals surface area contributed by atoms with E-state index in [1.54, 1.807) is 24.2 Å². The van der Waals surface area contributed by atoms with E-state index in [2.05, 4.69) is 75.4 Å². The van der Waals surface area contributed by atoms with Gasteiger partial charge in [-0.05, 0) is 6.42 Å². The van der Waals surface area contributed by atoms with Crippen molar-refractivity contribution in [1.29, 1.82) is 0 Å². The first-order valence-corrected chi connectivity index (χ1v) is 9.08. The number of hydrogen-bond donors (Lipinski definition) is 0. The molecular formula is C22H22Cl2Zr-2. The molecule has 1 aliphatic carbocycles. The van der Waals surface area contributed by atoms with Gasteiger partial charge >= 0.3 is 41.3 Å². The van der Waals surface area contributed by atoms with E-state index in [1.165, 1.54) is 31.0 Å². The van der Waals surface area contributed by atoms with Gasteiger partial charge in [0.1, 0.15) is 0 Å². The first kappa shape index (κ1) is 24.1. The molecule has 0 N–H and O–H groups in total. The van der Waals surface area contributed by atoms with Gasteiger partial charge in [0.15, 0.2) is 0 Å². The predicted molar refractivity (Wildman–Crippen MR) is 96.6 cm³/mol. The van der Waals surface area contributed by atoms with E-state index >= 15 is 0 Å². The van der Waals surface area contributed by atoms with Crippen molar-refractivity contribution in [3.63, 3.8) is 0 Å². The number of aryl methyl sites for hydroxylation is 1. The van der Waals surface area contributed by atoms with Crippen LogP contribution in [-0.2, 0) is 30.7 Å². The Hall–Kier alpha value is -0.877. The van der Waals surface area contributed by atoms with Crippen LogP contribution in [0.1, 0.15) is 30.5 Å².